The molecule has 4 heteroatoms. The Labute approximate surface area is 125 Å². The van der Waals surface area contributed by atoms with Gasteiger partial charge in [0.05, 0.1) is 5.71 Å². The summed E-state index contributed by atoms with van der Waals surface area (Å²) in [6, 6.07) is 14.2. The molecule has 0 aliphatic carbocycles. The van der Waals surface area contributed by atoms with Crippen molar-refractivity contribution < 1.29 is 9.63 Å². The van der Waals surface area contributed by atoms with E-state index in [1.54, 1.807) is 4.90 Å². The van der Waals surface area contributed by atoms with Crippen LogP contribution in [0.5, 0.6) is 0 Å². The van der Waals surface area contributed by atoms with Crippen molar-refractivity contribution >= 4 is 22.6 Å². The molecule has 0 bridgehead atoms. The van der Waals surface area contributed by atoms with Gasteiger partial charge in [-0.15, -0.1) is 0 Å². The van der Waals surface area contributed by atoms with Crippen LogP contribution in [0, 0.1) is 0 Å². The van der Waals surface area contributed by atoms with Gasteiger partial charge in [0.2, 0.25) is 0 Å². The van der Waals surface area contributed by atoms with Gasteiger partial charge in [0.15, 0.2) is 0 Å². The fourth-order valence-electron chi connectivity index (χ4n) is 2.11. The van der Waals surface area contributed by atoms with Gasteiger partial charge in [-0.2, -0.15) is 0 Å². The molecule has 2 aromatic rings. The summed E-state index contributed by atoms with van der Waals surface area (Å²) in [5, 5.41) is 6.26. The molecule has 0 aromatic heterocycles. The SMILES string of the molecule is CCN(CC)C(=O)ON=C(C)c1ccc2ccccc2c1. The van der Waals surface area contributed by atoms with Crippen LogP contribution < -0.4 is 0 Å². The van der Waals surface area contributed by atoms with Crippen LogP contribution in [0.3, 0.4) is 0 Å². The summed E-state index contributed by atoms with van der Waals surface area (Å²) >= 11 is 0. The number of nitrogens with zero attached hydrogens (tertiary/aromatic N) is 2. The number of benzene rings is 2. The maximum Gasteiger partial charge on any atom is 0.435 e. The smallest absolute Gasteiger partial charge is 0.307 e. The maximum absolute atomic E-state index is 11.8. The second-order valence-electron chi connectivity index (χ2n) is 4.77. The molecule has 0 aliphatic rings. The summed E-state index contributed by atoms with van der Waals surface area (Å²) < 4.78 is 0. The van der Waals surface area contributed by atoms with E-state index in [2.05, 4.69) is 11.2 Å². The molecule has 0 spiro atoms. The normalized spacial score (nSPS) is 11.5. The Bertz CT molecular complexity index is 661. The zero-order valence-electron chi connectivity index (χ0n) is 12.7. The molecule has 0 atom stereocenters. The lowest BCUT2D eigenvalue weighted by molar-refractivity contribution is 0.109. The van der Waals surface area contributed by atoms with Gasteiger partial charge in [-0.3, -0.25) is 4.84 Å². The molecule has 110 valence electrons. The molecule has 21 heavy (non-hydrogen) atoms. The molecule has 0 fully saturated rings. The van der Waals surface area contributed by atoms with E-state index >= 15 is 0 Å². The lowest BCUT2D eigenvalue weighted by Crippen LogP contribution is -2.30. The van der Waals surface area contributed by atoms with Crippen molar-refractivity contribution in [3.63, 3.8) is 0 Å². The fraction of sp³-hybridized carbons (Fsp3) is 0.294. The molecule has 2 aromatic carbocycles. The maximum atomic E-state index is 11.8. The molecule has 0 N–H and O–H groups in total. The van der Waals surface area contributed by atoms with E-state index in [1.165, 1.54) is 5.39 Å². The highest BCUT2D eigenvalue weighted by Crippen LogP contribution is 2.16. The highest BCUT2D eigenvalue weighted by molar-refractivity contribution is 6.01. The lowest BCUT2D eigenvalue weighted by Gasteiger charge is -2.15. The third-order valence-corrected chi connectivity index (χ3v) is 3.45. The van der Waals surface area contributed by atoms with E-state index in [1.807, 2.05) is 57.2 Å². The van der Waals surface area contributed by atoms with Gasteiger partial charge in [-0.1, -0.05) is 41.6 Å². The molecule has 0 heterocycles. The van der Waals surface area contributed by atoms with Crippen LogP contribution in [-0.2, 0) is 4.84 Å². The number of carbonyl (C=O) groups excluding carboxylic acids is 1. The summed E-state index contributed by atoms with van der Waals surface area (Å²) in [5.41, 5.74) is 1.63. The lowest BCUT2D eigenvalue weighted by atomic mass is 10.0. The average molecular weight is 284 g/mol. The van der Waals surface area contributed by atoms with E-state index in [0.717, 1.165) is 10.9 Å². The van der Waals surface area contributed by atoms with Gasteiger partial charge >= 0.3 is 6.09 Å². The summed E-state index contributed by atoms with van der Waals surface area (Å²) in [4.78, 5) is 18.3. The molecule has 4 nitrogen and oxygen atoms in total. The standard InChI is InChI=1S/C17H20N2O2/c1-4-19(5-2)17(20)21-18-13(3)15-11-10-14-8-6-7-9-16(14)12-15/h6-12H,4-5H2,1-3H3. The van der Waals surface area contributed by atoms with Crippen molar-refractivity contribution in [2.75, 3.05) is 13.1 Å². The van der Waals surface area contributed by atoms with Crippen LogP contribution in [0.2, 0.25) is 0 Å². The van der Waals surface area contributed by atoms with Crippen LogP contribution in [0.25, 0.3) is 10.8 Å². The number of rotatable bonds is 4. The first-order valence-corrected chi connectivity index (χ1v) is 7.15. The third kappa shape index (κ3) is 3.60. The molecule has 1 amide bonds. The van der Waals surface area contributed by atoms with E-state index in [4.69, 9.17) is 4.84 Å². The Hall–Kier alpha value is -2.36. The summed E-state index contributed by atoms with van der Waals surface area (Å²) in [6.07, 6.45) is -0.417. The molecule has 2 rings (SSSR count). The van der Waals surface area contributed by atoms with Gasteiger partial charge in [-0.05, 0) is 43.2 Å². The summed E-state index contributed by atoms with van der Waals surface area (Å²) in [6.45, 7) is 6.87. The Kier molecular flexibility index (Phi) is 4.93. The molecule has 0 saturated heterocycles. The van der Waals surface area contributed by atoms with Crippen LogP contribution >= 0.6 is 0 Å². The number of fused-ring (bicyclic) bond motifs is 1. The van der Waals surface area contributed by atoms with E-state index in [-0.39, 0.29) is 0 Å². The van der Waals surface area contributed by atoms with Gasteiger partial charge in [0.25, 0.3) is 0 Å². The van der Waals surface area contributed by atoms with Crippen molar-refractivity contribution in [1.82, 2.24) is 4.90 Å². The van der Waals surface area contributed by atoms with Crippen LogP contribution in [0.4, 0.5) is 4.79 Å². The minimum atomic E-state index is -0.417. The number of hydrogen-bond acceptors (Lipinski definition) is 3. The minimum Gasteiger partial charge on any atom is -0.307 e. The van der Waals surface area contributed by atoms with E-state index in [0.29, 0.717) is 18.8 Å². The monoisotopic (exact) mass is 284 g/mol. The van der Waals surface area contributed by atoms with Crippen molar-refractivity contribution in [2.45, 2.75) is 20.8 Å². The van der Waals surface area contributed by atoms with Gasteiger partial charge in [-0.25, -0.2) is 4.79 Å². The largest absolute Gasteiger partial charge is 0.435 e. The summed E-state index contributed by atoms with van der Waals surface area (Å²) in [7, 11) is 0. The van der Waals surface area contributed by atoms with Crippen molar-refractivity contribution in [3.05, 3.63) is 48.0 Å². The Morgan fingerprint density at radius 3 is 2.43 bits per heavy atom. The fourth-order valence-corrected chi connectivity index (χ4v) is 2.11. The molecular formula is C17H20N2O2. The minimum absolute atomic E-state index is 0.417. The third-order valence-electron chi connectivity index (χ3n) is 3.45. The highest BCUT2D eigenvalue weighted by atomic mass is 16.7. The first-order valence-electron chi connectivity index (χ1n) is 7.15. The van der Waals surface area contributed by atoms with E-state index < -0.39 is 6.09 Å². The number of amides is 1. The Morgan fingerprint density at radius 2 is 1.76 bits per heavy atom. The predicted molar refractivity (Wildman–Crippen MR) is 85.6 cm³/mol. The van der Waals surface area contributed by atoms with Crippen LogP contribution in [0.15, 0.2) is 47.6 Å². The second kappa shape index (κ2) is 6.88. The molecule has 0 unspecified atom stereocenters. The van der Waals surface area contributed by atoms with Crippen LogP contribution in [0.1, 0.15) is 26.3 Å². The summed E-state index contributed by atoms with van der Waals surface area (Å²) in [5.74, 6) is 0. The number of hydrogen-bond donors (Lipinski definition) is 0. The molecular weight excluding hydrogens is 264 g/mol. The highest BCUT2D eigenvalue weighted by Gasteiger charge is 2.11. The second-order valence-corrected chi connectivity index (χ2v) is 4.77. The average Bonchev–Trinajstić information content (AvgIpc) is 2.53. The zero-order valence-corrected chi connectivity index (χ0v) is 12.7. The van der Waals surface area contributed by atoms with Gasteiger partial charge in [0.1, 0.15) is 0 Å². The van der Waals surface area contributed by atoms with Crippen molar-refractivity contribution in [3.8, 4) is 0 Å². The molecule has 0 radical (unpaired) electrons. The van der Waals surface area contributed by atoms with Gasteiger partial charge < -0.3 is 4.90 Å². The molecule has 0 saturated carbocycles. The number of oxime groups is 1. The first kappa shape index (κ1) is 15.0. The topological polar surface area (TPSA) is 41.9 Å². The Balaban J connectivity index is 2.15. The quantitative estimate of drug-likeness (QED) is 0.483. The van der Waals surface area contributed by atoms with Gasteiger partial charge in [0, 0.05) is 13.1 Å². The molecule has 0 aliphatic heterocycles. The predicted octanol–water partition coefficient (Wildman–Crippen LogP) is 4.04. The van der Waals surface area contributed by atoms with Crippen molar-refractivity contribution in [2.24, 2.45) is 5.16 Å². The van der Waals surface area contributed by atoms with Crippen LogP contribution in [-0.4, -0.2) is 29.8 Å². The number of carbonyl (C=O) groups is 1. The van der Waals surface area contributed by atoms with Crippen molar-refractivity contribution in [1.29, 1.82) is 0 Å². The first-order chi connectivity index (χ1) is 10.2. The van der Waals surface area contributed by atoms with E-state index in [9.17, 15) is 4.79 Å². The Morgan fingerprint density at radius 1 is 1.10 bits per heavy atom. The zero-order chi connectivity index (χ0) is 15.2.